The molecule has 11 rings (SSSR count). The quantitative estimate of drug-likeness (QED) is 0.178. The summed E-state index contributed by atoms with van der Waals surface area (Å²) in [5, 5.41) is 5.74. The standard InChI is InChI=1S/C52H47NS2/c1-2-12-35(13-3-1)43-21-10-22-45-46-23-11-24-48(52(46)55-51(43)45)53(39-29-26-36(27-30-39)42-20-9-15-34-14-4-5-18-41(34)42)40-17-8-16-37(32-40)38-28-31-50-47(33-38)44-19-6-7-25-49(44)54-50/h2,4-10,12-14,17-23,25-27,29,31-34,37-39,41-42H,1,3,11,15-16,24,28,30H2. The molecule has 0 N–H and O–H groups in total. The van der Waals surface area contributed by atoms with Gasteiger partial charge >= 0.3 is 0 Å². The van der Waals surface area contributed by atoms with E-state index in [2.05, 4.69) is 157 Å². The molecule has 7 aliphatic rings. The lowest BCUT2D eigenvalue weighted by molar-refractivity contribution is 0.376. The van der Waals surface area contributed by atoms with Crippen molar-refractivity contribution < 1.29 is 0 Å². The maximum atomic E-state index is 2.79. The van der Waals surface area contributed by atoms with Gasteiger partial charge in [0.2, 0.25) is 0 Å². The largest absolute Gasteiger partial charge is 0.337 e. The zero-order valence-electron chi connectivity index (χ0n) is 31.3. The molecular formula is C52H47NS2. The summed E-state index contributed by atoms with van der Waals surface area (Å²) >= 11 is 3.99. The highest BCUT2D eigenvalue weighted by Gasteiger charge is 2.33. The Morgan fingerprint density at radius 1 is 0.618 bits per heavy atom. The summed E-state index contributed by atoms with van der Waals surface area (Å²) in [5.41, 5.74) is 7.15. The van der Waals surface area contributed by atoms with Crippen LogP contribution in [0.3, 0.4) is 0 Å². The second-order valence-electron chi connectivity index (χ2n) is 16.3. The van der Waals surface area contributed by atoms with Crippen LogP contribution in [0.4, 0.5) is 0 Å². The van der Waals surface area contributed by atoms with Gasteiger partial charge in [0, 0.05) is 36.6 Å². The Bertz CT molecular complexity index is 2760. The number of rotatable bonds is 6. The molecule has 6 unspecified atom stereocenters. The third-order valence-corrected chi connectivity index (χ3v) is 15.6. The van der Waals surface area contributed by atoms with Crippen molar-refractivity contribution in [2.24, 2.45) is 29.6 Å². The minimum absolute atomic E-state index is 0.271. The molecule has 0 fully saturated rings. The van der Waals surface area contributed by atoms with Gasteiger partial charge in [-0.05, 0) is 120 Å². The van der Waals surface area contributed by atoms with Crippen LogP contribution in [0, 0.1) is 29.6 Å². The molecule has 1 nitrogen and oxygen atoms in total. The van der Waals surface area contributed by atoms with Crippen molar-refractivity contribution in [2.45, 2.75) is 57.4 Å². The summed E-state index contributed by atoms with van der Waals surface area (Å²) in [4.78, 5) is 2.79. The molecule has 0 spiro atoms. The Labute approximate surface area is 332 Å². The van der Waals surface area contributed by atoms with Crippen molar-refractivity contribution in [1.82, 2.24) is 4.90 Å². The first-order valence-electron chi connectivity index (χ1n) is 20.7. The van der Waals surface area contributed by atoms with E-state index >= 15 is 0 Å². The van der Waals surface area contributed by atoms with E-state index in [4.69, 9.17) is 0 Å². The molecule has 2 heterocycles. The maximum absolute atomic E-state index is 2.79. The lowest BCUT2D eigenvalue weighted by Crippen LogP contribution is -2.40. The molecule has 0 aliphatic heterocycles. The smallest absolute Gasteiger partial charge is 0.0557 e. The van der Waals surface area contributed by atoms with Gasteiger partial charge in [0.15, 0.2) is 0 Å². The summed E-state index contributed by atoms with van der Waals surface area (Å²) in [7, 11) is 0. The normalized spacial score (nSPS) is 27.7. The van der Waals surface area contributed by atoms with E-state index in [1.165, 1.54) is 67.8 Å². The molecule has 2 aromatic heterocycles. The summed E-state index contributed by atoms with van der Waals surface area (Å²) in [6, 6.07) is 16.2. The summed E-state index contributed by atoms with van der Waals surface area (Å²) < 4.78 is 5.76. The Balaban J connectivity index is 1.02. The van der Waals surface area contributed by atoms with Crippen LogP contribution in [-0.2, 0) is 0 Å². The van der Waals surface area contributed by atoms with Gasteiger partial charge in [-0.25, -0.2) is 0 Å². The van der Waals surface area contributed by atoms with Gasteiger partial charge in [-0.15, -0.1) is 22.7 Å². The number of benzene rings is 2. The molecule has 4 aromatic rings. The minimum atomic E-state index is 0.271. The van der Waals surface area contributed by atoms with Crippen LogP contribution in [0.15, 0.2) is 145 Å². The lowest BCUT2D eigenvalue weighted by Gasteiger charge is -2.39. The molecular weight excluding hydrogens is 703 g/mol. The van der Waals surface area contributed by atoms with Crippen LogP contribution in [-0.4, -0.2) is 10.9 Å². The zero-order valence-corrected chi connectivity index (χ0v) is 33.0. The highest BCUT2D eigenvalue weighted by Crippen LogP contribution is 2.42. The molecule has 2 aromatic carbocycles. The van der Waals surface area contributed by atoms with Gasteiger partial charge in [0.25, 0.3) is 0 Å². The van der Waals surface area contributed by atoms with E-state index in [0.717, 1.165) is 51.4 Å². The van der Waals surface area contributed by atoms with Gasteiger partial charge in [-0.3, -0.25) is 0 Å². The average Bonchev–Trinajstić information content (AvgIpc) is 3.83. The van der Waals surface area contributed by atoms with Crippen molar-refractivity contribution in [1.29, 1.82) is 0 Å². The van der Waals surface area contributed by atoms with E-state index in [1.807, 2.05) is 22.7 Å². The summed E-state index contributed by atoms with van der Waals surface area (Å²) in [5.74, 6) is 2.58. The Kier molecular flexibility index (Phi) is 8.62. The predicted molar refractivity (Wildman–Crippen MR) is 238 cm³/mol. The van der Waals surface area contributed by atoms with Gasteiger partial charge in [-0.2, -0.15) is 0 Å². The van der Waals surface area contributed by atoms with Crippen molar-refractivity contribution >= 4 is 72.3 Å². The SMILES string of the molecule is C1=CC2CC=CC(C3=CCC(N(C4=CC(C5C=c6c(sc7ccccc67)=CC5)CC=C4)C4=c5sc6c(C7=CCCC=C7)cccc6c5=CCC4)C=C3)C2C=C1. The van der Waals surface area contributed by atoms with Crippen LogP contribution in [0.25, 0.3) is 49.7 Å². The second kappa shape index (κ2) is 14.1. The van der Waals surface area contributed by atoms with Crippen LogP contribution >= 0.6 is 22.7 Å². The fraction of sp³-hybridized carbons (Fsp3) is 0.269. The van der Waals surface area contributed by atoms with Gasteiger partial charge < -0.3 is 4.90 Å². The van der Waals surface area contributed by atoms with E-state index < -0.39 is 0 Å². The summed E-state index contributed by atoms with van der Waals surface area (Å²) in [6.07, 6.45) is 53.1. The monoisotopic (exact) mass is 749 g/mol. The van der Waals surface area contributed by atoms with E-state index in [-0.39, 0.29) is 6.04 Å². The number of fused-ring (bicyclic) bond motifs is 7. The van der Waals surface area contributed by atoms with E-state index in [9.17, 15) is 0 Å². The predicted octanol–water partition coefficient (Wildman–Crippen LogP) is 10.8. The molecule has 0 radical (unpaired) electrons. The minimum Gasteiger partial charge on any atom is -0.337 e. The maximum Gasteiger partial charge on any atom is 0.0557 e. The molecule has 6 atom stereocenters. The second-order valence-corrected chi connectivity index (χ2v) is 18.4. The van der Waals surface area contributed by atoms with Crippen LogP contribution in [0.2, 0.25) is 0 Å². The number of nitrogens with zero attached hydrogens (tertiary/aromatic N) is 1. The number of allylic oxidation sites excluding steroid dienone is 15. The van der Waals surface area contributed by atoms with Crippen molar-refractivity contribution in [3.63, 3.8) is 0 Å². The molecule has 0 bridgehead atoms. The van der Waals surface area contributed by atoms with Crippen molar-refractivity contribution in [3.05, 3.63) is 170 Å². The summed E-state index contributed by atoms with van der Waals surface area (Å²) in [6.45, 7) is 0. The number of hydrogen-bond donors (Lipinski definition) is 0. The van der Waals surface area contributed by atoms with Crippen LogP contribution < -0.4 is 19.5 Å². The van der Waals surface area contributed by atoms with Gasteiger partial charge in [-0.1, -0.05) is 140 Å². The van der Waals surface area contributed by atoms with Crippen molar-refractivity contribution in [3.8, 4) is 0 Å². The highest BCUT2D eigenvalue weighted by molar-refractivity contribution is 7.17. The number of hydrogen-bond acceptors (Lipinski definition) is 3. The highest BCUT2D eigenvalue weighted by atomic mass is 32.1. The Morgan fingerprint density at radius 3 is 2.45 bits per heavy atom. The third kappa shape index (κ3) is 5.94. The fourth-order valence-corrected chi connectivity index (χ4v) is 13.0. The molecule has 0 amide bonds. The van der Waals surface area contributed by atoms with Crippen LogP contribution in [0.5, 0.6) is 0 Å². The first kappa shape index (κ1) is 33.6. The first-order chi connectivity index (χ1) is 27.3. The molecule has 3 heteroatoms. The first-order valence-corrected chi connectivity index (χ1v) is 22.3. The fourth-order valence-electron chi connectivity index (χ4n) is 10.4. The molecule has 0 saturated heterocycles. The lowest BCUT2D eigenvalue weighted by atomic mass is 9.70. The van der Waals surface area contributed by atoms with Crippen molar-refractivity contribution in [2.75, 3.05) is 0 Å². The van der Waals surface area contributed by atoms with E-state index in [1.54, 1.807) is 0 Å². The Hall–Kier alpha value is -4.70. The van der Waals surface area contributed by atoms with Crippen LogP contribution in [0.1, 0.15) is 56.9 Å². The zero-order chi connectivity index (χ0) is 36.3. The van der Waals surface area contributed by atoms with E-state index in [0.29, 0.717) is 29.6 Å². The third-order valence-electron chi connectivity index (χ3n) is 13.2. The van der Waals surface area contributed by atoms with Gasteiger partial charge in [0.05, 0.1) is 10.6 Å². The van der Waals surface area contributed by atoms with Gasteiger partial charge in [0.1, 0.15) is 0 Å². The average molecular weight is 750 g/mol. The Morgan fingerprint density at radius 2 is 1.53 bits per heavy atom. The molecule has 7 aliphatic carbocycles. The number of thiophene rings is 2. The topological polar surface area (TPSA) is 3.24 Å². The molecule has 0 saturated carbocycles. The molecule has 272 valence electrons. The molecule has 55 heavy (non-hydrogen) atoms.